The van der Waals surface area contributed by atoms with E-state index < -0.39 is 11.8 Å². The quantitative estimate of drug-likeness (QED) is 0.252. The van der Waals surface area contributed by atoms with Crippen LogP contribution in [0.15, 0.2) is 36.4 Å². The molecular formula is C21H20N2O7. The lowest BCUT2D eigenvalue weighted by molar-refractivity contribution is -0.580. The Morgan fingerprint density at radius 1 is 0.967 bits per heavy atom. The van der Waals surface area contributed by atoms with Gasteiger partial charge in [-0.1, -0.05) is 0 Å². The summed E-state index contributed by atoms with van der Waals surface area (Å²) in [6, 6.07) is 9.31. The van der Waals surface area contributed by atoms with Gasteiger partial charge in [-0.15, -0.1) is 0 Å². The van der Waals surface area contributed by atoms with Gasteiger partial charge in [-0.25, -0.2) is 9.78 Å². The van der Waals surface area contributed by atoms with E-state index in [0.717, 1.165) is 0 Å². The molecule has 0 spiro atoms. The molecule has 0 amide bonds. The van der Waals surface area contributed by atoms with Crippen molar-refractivity contribution in [1.29, 1.82) is 0 Å². The number of hydrogen-bond donors (Lipinski definition) is 0. The molecule has 0 saturated carbocycles. The third-order valence-electron chi connectivity index (χ3n) is 4.39. The number of nitrogens with zero attached hydrogens (tertiary/aromatic N) is 2. The summed E-state index contributed by atoms with van der Waals surface area (Å²) in [5.41, 5.74) is 0.554. The summed E-state index contributed by atoms with van der Waals surface area (Å²) < 4.78 is 21.2. The monoisotopic (exact) mass is 412 g/mol. The summed E-state index contributed by atoms with van der Waals surface area (Å²) in [7, 11) is 4.39. The molecule has 0 radical (unpaired) electrons. The molecule has 0 fully saturated rings. The number of Topliss-reactive ketones (excluding diaryl/α,β-unsaturated/α-hetero) is 1. The second-order valence-corrected chi connectivity index (χ2v) is 6.29. The first-order valence-electron chi connectivity index (χ1n) is 8.89. The lowest BCUT2D eigenvalue weighted by Crippen LogP contribution is -2.37. The molecule has 156 valence electrons. The fraction of sp³-hybridized carbons (Fsp3) is 0.238. The van der Waals surface area contributed by atoms with E-state index in [1.54, 1.807) is 18.2 Å². The Balaban J connectivity index is 1.94. The van der Waals surface area contributed by atoms with E-state index in [4.69, 9.17) is 18.9 Å². The van der Waals surface area contributed by atoms with Crippen molar-refractivity contribution in [2.24, 2.45) is 0 Å². The van der Waals surface area contributed by atoms with E-state index in [1.165, 1.54) is 46.5 Å². The minimum atomic E-state index is -0.684. The number of benzene rings is 2. The lowest BCUT2D eigenvalue weighted by Gasteiger charge is -2.12. The van der Waals surface area contributed by atoms with Gasteiger partial charge in [0.05, 0.1) is 33.0 Å². The number of rotatable bonds is 7. The molecule has 0 bridgehead atoms. The number of aromatic nitrogens is 2. The lowest BCUT2D eigenvalue weighted by atomic mass is 10.2. The van der Waals surface area contributed by atoms with Gasteiger partial charge in [0.25, 0.3) is 5.69 Å². The molecule has 30 heavy (non-hydrogen) atoms. The summed E-state index contributed by atoms with van der Waals surface area (Å²) in [5.74, 6) is 0.100. The van der Waals surface area contributed by atoms with Crippen molar-refractivity contribution in [3.63, 3.8) is 0 Å². The SMILES string of the molecule is COc1cc(OC)cc(C(=O)OCc2nc3ccc(OC)cc3[n+]([O-])c2C(C)=O)c1. The van der Waals surface area contributed by atoms with Gasteiger partial charge >= 0.3 is 5.97 Å². The first kappa shape index (κ1) is 20.8. The van der Waals surface area contributed by atoms with Crippen molar-refractivity contribution in [2.75, 3.05) is 21.3 Å². The summed E-state index contributed by atoms with van der Waals surface area (Å²) in [6.07, 6.45) is 0. The number of esters is 1. The van der Waals surface area contributed by atoms with Crippen LogP contribution in [0.4, 0.5) is 0 Å². The molecule has 0 N–H and O–H groups in total. The molecule has 9 heteroatoms. The van der Waals surface area contributed by atoms with Crippen LogP contribution in [-0.4, -0.2) is 38.1 Å². The third-order valence-corrected chi connectivity index (χ3v) is 4.39. The number of carbonyl (C=O) groups is 2. The molecule has 0 unspecified atom stereocenters. The maximum absolute atomic E-state index is 12.8. The highest BCUT2D eigenvalue weighted by molar-refractivity contribution is 5.93. The van der Waals surface area contributed by atoms with Crippen LogP contribution in [0.1, 0.15) is 33.5 Å². The molecule has 0 aliphatic carbocycles. The van der Waals surface area contributed by atoms with Crippen LogP contribution in [0.3, 0.4) is 0 Å². The zero-order chi connectivity index (χ0) is 21.8. The van der Waals surface area contributed by atoms with Gasteiger partial charge in [-0.05, 0) is 24.3 Å². The molecule has 3 aromatic rings. The van der Waals surface area contributed by atoms with E-state index in [1.807, 2.05) is 0 Å². The summed E-state index contributed by atoms with van der Waals surface area (Å²) in [5, 5.41) is 12.8. The van der Waals surface area contributed by atoms with Crippen LogP contribution >= 0.6 is 0 Å². The number of ketones is 1. The van der Waals surface area contributed by atoms with Crippen LogP contribution in [0.25, 0.3) is 11.0 Å². The molecule has 3 rings (SSSR count). The number of fused-ring (bicyclic) bond motifs is 1. The van der Waals surface area contributed by atoms with E-state index in [0.29, 0.717) is 27.5 Å². The number of hydrogen-bond acceptors (Lipinski definition) is 8. The molecule has 1 heterocycles. The van der Waals surface area contributed by atoms with E-state index in [-0.39, 0.29) is 29.1 Å². The number of ether oxygens (including phenoxy) is 4. The van der Waals surface area contributed by atoms with Crippen molar-refractivity contribution in [3.8, 4) is 17.2 Å². The minimum Gasteiger partial charge on any atom is -0.618 e. The Bertz CT molecular complexity index is 1110. The summed E-state index contributed by atoms with van der Waals surface area (Å²) >= 11 is 0. The van der Waals surface area contributed by atoms with Gasteiger partial charge in [0.1, 0.15) is 29.4 Å². The average molecular weight is 412 g/mol. The van der Waals surface area contributed by atoms with Crippen molar-refractivity contribution in [3.05, 3.63) is 58.6 Å². The molecule has 0 aliphatic heterocycles. The van der Waals surface area contributed by atoms with Gasteiger partial charge in [0.2, 0.25) is 11.3 Å². The zero-order valence-corrected chi connectivity index (χ0v) is 16.9. The second kappa shape index (κ2) is 8.64. The normalized spacial score (nSPS) is 10.5. The highest BCUT2D eigenvalue weighted by atomic mass is 16.5. The van der Waals surface area contributed by atoms with E-state index in [9.17, 15) is 14.8 Å². The van der Waals surface area contributed by atoms with Gasteiger partial charge in [0, 0.05) is 13.0 Å². The Hall–Kier alpha value is -3.88. The van der Waals surface area contributed by atoms with Crippen LogP contribution in [0, 0.1) is 5.21 Å². The van der Waals surface area contributed by atoms with Crippen LogP contribution in [-0.2, 0) is 11.3 Å². The van der Waals surface area contributed by atoms with Crippen LogP contribution in [0.5, 0.6) is 17.2 Å². The minimum absolute atomic E-state index is 0.0541. The number of methoxy groups -OCH3 is 3. The topological polar surface area (TPSA) is 111 Å². The predicted octanol–water partition coefficient (Wildman–Crippen LogP) is 2.45. The first-order valence-corrected chi connectivity index (χ1v) is 8.89. The van der Waals surface area contributed by atoms with Crippen molar-refractivity contribution in [1.82, 2.24) is 4.98 Å². The maximum Gasteiger partial charge on any atom is 0.338 e. The zero-order valence-electron chi connectivity index (χ0n) is 16.9. The molecule has 1 aromatic heterocycles. The molecule has 0 saturated heterocycles. The Morgan fingerprint density at radius 3 is 2.17 bits per heavy atom. The Morgan fingerprint density at radius 2 is 1.60 bits per heavy atom. The van der Waals surface area contributed by atoms with E-state index in [2.05, 4.69) is 4.98 Å². The van der Waals surface area contributed by atoms with E-state index >= 15 is 0 Å². The van der Waals surface area contributed by atoms with Gasteiger partial charge in [-0.3, -0.25) is 4.79 Å². The Labute approximate surface area is 172 Å². The van der Waals surface area contributed by atoms with Crippen molar-refractivity contribution >= 4 is 22.8 Å². The summed E-state index contributed by atoms with van der Waals surface area (Å²) in [6.45, 7) is 0.882. The van der Waals surface area contributed by atoms with Crippen LogP contribution < -0.4 is 18.9 Å². The third kappa shape index (κ3) is 4.09. The second-order valence-electron chi connectivity index (χ2n) is 6.29. The fourth-order valence-corrected chi connectivity index (χ4v) is 2.91. The van der Waals surface area contributed by atoms with Gasteiger partial charge in [-0.2, -0.15) is 4.73 Å². The molecule has 0 atom stereocenters. The number of carbonyl (C=O) groups excluding carboxylic acids is 2. The highest BCUT2D eigenvalue weighted by Crippen LogP contribution is 2.24. The van der Waals surface area contributed by atoms with Gasteiger partial charge in [0.15, 0.2) is 5.69 Å². The maximum atomic E-state index is 12.8. The summed E-state index contributed by atoms with van der Waals surface area (Å²) in [4.78, 5) is 29.0. The van der Waals surface area contributed by atoms with Crippen molar-refractivity contribution < 1.29 is 33.3 Å². The average Bonchev–Trinajstić information content (AvgIpc) is 2.76. The van der Waals surface area contributed by atoms with Crippen LogP contribution in [0.2, 0.25) is 0 Å². The van der Waals surface area contributed by atoms with Crippen molar-refractivity contribution in [2.45, 2.75) is 13.5 Å². The standard InChI is InChI=1S/C21H20N2O7/c1-12(24)20-18(22-17-6-5-14(27-2)10-19(17)23(20)26)11-30-21(25)13-7-15(28-3)9-16(8-13)29-4/h5-10H,11H2,1-4H3. The fourth-order valence-electron chi connectivity index (χ4n) is 2.91. The largest absolute Gasteiger partial charge is 0.618 e. The Kier molecular flexibility index (Phi) is 6.01. The predicted molar refractivity (Wildman–Crippen MR) is 106 cm³/mol. The molecule has 2 aromatic carbocycles. The highest BCUT2D eigenvalue weighted by Gasteiger charge is 2.25. The molecular weight excluding hydrogens is 392 g/mol. The first-order chi connectivity index (χ1) is 14.4. The molecule has 9 nitrogen and oxygen atoms in total. The van der Waals surface area contributed by atoms with Gasteiger partial charge < -0.3 is 24.2 Å². The smallest absolute Gasteiger partial charge is 0.338 e. The molecule has 0 aliphatic rings.